The van der Waals surface area contributed by atoms with Crippen LogP contribution < -0.4 is 4.74 Å². The number of ether oxygens (including phenoxy) is 1. The molecule has 0 radical (unpaired) electrons. The highest BCUT2D eigenvalue weighted by Gasteiger charge is 2.42. The van der Waals surface area contributed by atoms with Gasteiger partial charge in [0.05, 0.1) is 17.8 Å². The zero-order valence-corrected chi connectivity index (χ0v) is 14.0. The molecule has 122 valence electrons. The number of hydrogen-bond acceptors (Lipinski definition) is 5. The van der Waals surface area contributed by atoms with Crippen molar-refractivity contribution in [3.8, 4) is 5.75 Å². The Hall–Kier alpha value is -1.70. The summed E-state index contributed by atoms with van der Waals surface area (Å²) in [5, 5.41) is 0. The van der Waals surface area contributed by atoms with Gasteiger partial charge in [-0.1, -0.05) is 25.8 Å². The molecule has 0 unspecified atom stereocenters. The molecule has 0 spiro atoms. The highest BCUT2D eigenvalue weighted by atomic mass is 32.3. The molecular weight excluding hydrogens is 328 g/mol. The van der Waals surface area contributed by atoms with Gasteiger partial charge in [0.15, 0.2) is 0 Å². The average molecular weight is 346 g/mol. The highest BCUT2D eigenvalue weighted by molar-refractivity contribution is 8.31. The van der Waals surface area contributed by atoms with Crippen LogP contribution in [0.15, 0.2) is 29.2 Å². The predicted octanol–water partition coefficient (Wildman–Crippen LogP) is 1.66. The van der Waals surface area contributed by atoms with Crippen LogP contribution in [-0.2, 0) is 19.7 Å². The van der Waals surface area contributed by atoms with Crippen molar-refractivity contribution in [3.05, 3.63) is 29.8 Å². The summed E-state index contributed by atoms with van der Waals surface area (Å²) < 4.78 is 52.7. The van der Waals surface area contributed by atoms with Gasteiger partial charge in [-0.25, -0.2) is 16.8 Å². The Morgan fingerprint density at radius 3 is 2.45 bits per heavy atom. The van der Waals surface area contributed by atoms with E-state index in [1.165, 1.54) is 31.4 Å². The van der Waals surface area contributed by atoms with Gasteiger partial charge in [0.25, 0.3) is 19.7 Å². The number of benzene rings is 1. The number of hydrogen-bond donors (Lipinski definition) is 0. The van der Waals surface area contributed by atoms with Gasteiger partial charge in [-0.15, -0.1) is 4.79 Å². The lowest BCUT2D eigenvalue weighted by atomic mass is 10.3. The zero-order valence-electron chi connectivity index (χ0n) is 12.4. The number of rotatable bonds is 6. The van der Waals surface area contributed by atoms with E-state index in [4.69, 9.17) is 10.3 Å². The summed E-state index contributed by atoms with van der Waals surface area (Å²) in [6.45, 7) is 1.89. The maximum absolute atomic E-state index is 12.4. The monoisotopic (exact) mass is 346 g/mol. The molecule has 1 aromatic carbocycles. The third kappa shape index (κ3) is 4.16. The van der Waals surface area contributed by atoms with E-state index in [1.807, 2.05) is 6.92 Å². The van der Waals surface area contributed by atoms with Gasteiger partial charge in [0.2, 0.25) is 0 Å². The molecule has 0 aliphatic heterocycles. The van der Waals surface area contributed by atoms with Crippen LogP contribution in [0.1, 0.15) is 26.2 Å². The van der Waals surface area contributed by atoms with E-state index in [0.29, 0.717) is 12.8 Å². The summed E-state index contributed by atoms with van der Waals surface area (Å²) in [4.78, 5) is 2.24. The van der Waals surface area contributed by atoms with Crippen LogP contribution in [0.25, 0.3) is 5.53 Å². The van der Waals surface area contributed by atoms with Crippen LogP contribution in [0, 0.1) is 0 Å². The quantitative estimate of drug-likeness (QED) is 0.255. The first-order valence-electron chi connectivity index (χ1n) is 6.63. The molecule has 0 heterocycles. The number of unbranched alkanes of at least 4 members (excludes halogenated alkanes) is 2. The highest BCUT2D eigenvalue weighted by Crippen LogP contribution is 2.20. The van der Waals surface area contributed by atoms with Crippen molar-refractivity contribution in [1.29, 1.82) is 0 Å². The summed E-state index contributed by atoms with van der Waals surface area (Å²) in [7, 11) is -7.29. The van der Waals surface area contributed by atoms with Gasteiger partial charge >= 0.3 is 4.38 Å². The molecule has 1 aromatic rings. The number of methoxy groups -OCH3 is 1. The minimum absolute atomic E-state index is 0.252. The molecule has 0 saturated heterocycles. The molecule has 9 heteroatoms. The summed E-state index contributed by atoms with van der Waals surface area (Å²) in [6.07, 6.45) is 1.71. The Morgan fingerprint density at radius 1 is 1.23 bits per heavy atom. The minimum atomic E-state index is -4.45. The van der Waals surface area contributed by atoms with E-state index in [2.05, 4.69) is 4.79 Å². The molecular formula is C13H18N2O5S2. The largest absolute Gasteiger partial charge is 0.499 e. The maximum atomic E-state index is 12.4. The molecule has 22 heavy (non-hydrogen) atoms. The summed E-state index contributed by atoms with van der Waals surface area (Å²) in [5.41, 5.74) is 8.94. The molecule has 0 aromatic heterocycles. The van der Waals surface area contributed by atoms with Gasteiger partial charge in [-0.2, -0.15) is 0 Å². The summed E-state index contributed by atoms with van der Waals surface area (Å²) in [5.74, 6) is -0.134. The second-order valence-electron chi connectivity index (χ2n) is 4.57. The smallest absolute Gasteiger partial charge is 0.497 e. The molecule has 1 rings (SSSR count). The van der Waals surface area contributed by atoms with Gasteiger partial charge in [-0.3, -0.25) is 0 Å². The molecule has 0 amide bonds. The van der Waals surface area contributed by atoms with E-state index in [-0.39, 0.29) is 16.4 Å². The van der Waals surface area contributed by atoms with Crippen molar-refractivity contribution in [2.45, 2.75) is 31.1 Å². The molecule has 0 aliphatic rings. The third-order valence-corrected chi connectivity index (χ3v) is 7.22. The fourth-order valence-electron chi connectivity index (χ4n) is 1.78. The number of sulfone groups is 2. The van der Waals surface area contributed by atoms with Gasteiger partial charge in [-0.05, 0) is 24.6 Å². The Balaban J connectivity index is 3.26. The summed E-state index contributed by atoms with van der Waals surface area (Å²) in [6, 6.07) is 5.31. The fourth-order valence-corrected chi connectivity index (χ4v) is 5.38. The van der Waals surface area contributed by atoms with Crippen molar-refractivity contribution in [3.63, 3.8) is 0 Å². The Kier molecular flexibility index (Phi) is 6.28. The lowest BCUT2D eigenvalue weighted by molar-refractivity contribution is 0.00380. The van der Waals surface area contributed by atoms with Crippen LogP contribution in [-0.4, -0.2) is 38.9 Å². The van der Waals surface area contributed by atoms with Crippen LogP contribution in [0.5, 0.6) is 5.75 Å². The van der Waals surface area contributed by atoms with Crippen LogP contribution in [0.4, 0.5) is 0 Å². The Bertz CT molecular complexity index is 778. The molecule has 0 bridgehead atoms. The normalized spacial score (nSPS) is 11.7. The van der Waals surface area contributed by atoms with Gasteiger partial charge in [0.1, 0.15) is 5.75 Å². The standard InChI is InChI=1S/C13H18N2O5S2/c1-3-4-5-9-21(16,17)13(15-14)22(18,19)12-8-6-7-11(10-12)20-2/h6-8,10H,3-5,9H2,1-2H3. The maximum Gasteiger partial charge on any atom is 0.499 e. The molecule has 0 N–H and O–H groups in total. The number of nitrogens with zero attached hydrogens (tertiary/aromatic N) is 2. The van der Waals surface area contributed by atoms with Crippen molar-refractivity contribution in [2.24, 2.45) is 0 Å². The minimum Gasteiger partial charge on any atom is -0.497 e. The Labute approximate surface area is 130 Å². The summed E-state index contributed by atoms with van der Waals surface area (Å²) >= 11 is 0. The first kappa shape index (κ1) is 18.3. The average Bonchev–Trinajstić information content (AvgIpc) is 2.47. The van der Waals surface area contributed by atoms with Gasteiger partial charge in [0, 0.05) is 0 Å². The lowest BCUT2D eigenvalue weighted by Gasteiger charge is -2.04. The van der Waals surface area contributed by atoms with Crippen LogP contribution >= 0.6 is 0 Å². The molecule has 0 aliphatic carbocycles. The first-order chi connectivity index (χ1) is 10.3. The SMILES string of the molecule is CCCCCS(=O)(=O)C(=[N+]=[N-])S(=O)(=O)c1cccc(OC)c1. The fraction of sp³-hybridized carbons (Fsp3) is 0.462. The predicted molar refractivity (Wildman–Crippen MR) is 82.1 cm³/mol. The van der Waals surface area contributed by atoms with Crippen LogP contribution in [0.2, 0.25) is 0 Å². The lowest BCUT2D eigenvalue weighted by Crippen LogP contribution is -2.28. The van der Waals surface area contributed by atoms with Crippen molar-refractivity contribution < 1.29 is 26.4 Å². The van der Waals surface area contributed by atoms with Crippen molar-refractivity contribution in [2.75, 3.05) is 12.9 Å². The van der Waals surface area contributed by atoms with Crippen LogP contribution in [0.3, 0.4) is 0 Å². The van der Waals surface area contributed by atoms with E-state index < -0.39 is 24.1 Å². The topological polar surface area (TPSA) is 114 Å². The van der Waals surface area contributed by atoms with Crippen molar-refractivity contribution >= 4 is 24.1 Å². The van der Waals surface area contributed by atoms with Gasteiger partial charge < -0.3 is 10.3 Å². The van der Waals surface area contributed by atoms with E-state index in [1.54, 1.807) is 0 Å². The first-order valence-corrected chi connectivity index (χ1v) is 9.77. The second kappa shape index (κ2) is 7.53. The van der Waals surface area contributed by atoms with E-state index >= 15 is 0 Å². The van der Waals surface area contributed by atoms with Crippen molar-refractivity contribution in [1.82, 2.24) is 0 Å². The molecule has 7 nitrogen and oxygen atoms in total. The third-order valence-electron chi connectivity index (χ3n) is 2.95. The second-order valence-corrected chi connectivity index (χ2v) is 8.72. The van der Waals surface area contributed by atoms with E-state index in [9.17, 15) is 16.8 Å². The Morgan fingerprint density at radius 2 is 1.91 bits per heavy atom. The molecule has 0 saturated carbocycles. The molecule has 0 atom stereocenters. The van der Waals surface area contributed by atoms with E-state index in [0.717, 1.165) is 6.42 Å². The molecule has 0 fully saturated rings. The zero-order chi connectivity index (χ0) is 16.8.